The van der Waals surface area contributed by atoms with Crippen molar-refractivity contribution in [2.75, 3.05) is 25.4 Å². The van der Waals surface area contributed by atoms with Gasteiger partial charge >= 0.3 is 0 Å². The van der Waals surface area contributed by atoms with E-state index in [1.807, 2.05) is 37.3 Å². The first-order valence-electron chi connectivity index (χ1n) is 9.80. The quantitative estimate of drug-likeness (QED) is 0.708. The van der Waals surface area contributed by atoms with E-state index in [0.29, 0.717) is 26.1 Å². The molecule has 0 aromatic heterocycles. The summed E-state index contributed by atoms with van der Waals surface area (Å²) in [5.74, 6) is 0.893. The van der Waals surface area contributed by atoms with Crippen molar-refractivity contribution in [3.63, 3.8) is 0 Å². The standard InChI is InChI=1S/C22H27NO4S/c1-2-15-28(25,26)21-13-7-6-12-20(21)22(24)23-14-8-9-18(16-23)17-27-19-10-4-3-5-11-19/h3-7,10-13,18H,2,8-9,14-17H2,1H3. The van der Waals surface area contributed by atoms with Crippen molar-refractivity contribution in [2.24, 2.45) is 5.92 Å². The van der Waals surface area contributed by atoms with Gasteiger partial charge in [-0.05, 0) is 43.5 Å². The van der Waals surface area contributed by atoms with Gasteiger partial charge in [0, 0.05) is 19.0 Å². The van der Waals surface area contributed by atoms with Crippen molar-refractivity contribution in [1.82, 2.24) is 4.90 Å². The minimum absolute atomic E-state index is 0.0465. The molecule has 0 N–H and O–H groups in total. The number of sulfone groups is 1. The zero-order valence-electron chi connectivity index (χ0n) is 16.2. The van der Waals surface area contributed by atoms with Gasteiger partial charge < -0.3 is 9.64 Å². The average Bonchev–Trinajstić information content (AvgIpc) is 2.73. The van der Waals surface area contributed by atoms with Crippen LogP contribution in [0.2, 0.25) is 0 Å². The Morgan fingerprint density at radius 3 is 2.57 bits per heavy atom. The third-order valence-electron chi connectivity index (χ3n) is 4.96. The number of hydrogen-bond donors (Lipinski definition) is 0. The number of ether oxygens (including phenoxy) is 1. The topological polar surface area (TPSA) is 63.7 Å². The van der Waals surface area contributed by atoms with E-state index in [4.69, 9.17) is 4.74 Å². The van der Waals surface area contributed by atoms with Crippen molar-refractivity contribution >= 4 is 15.7 Å². The lowest BCUT2D eigenvalue weighted by Gasteiger charge is -2.33. The number of benzene rings is 2. The highest BCUT2D eigenvalue weighted by molar-refractivity contribution is 7.91. The summed E-state index contributed by atoms with van der Waals surface area (Å²) in [6.07, 6.45) is 2.40. The number of carbonyl (C=O) groups excluding carboxylic acids is 1. The van der Waals surface area contributed by atoms with Crippen LogP contribution in [0.1, 0.15) is 36.5 Å². The van der Waals surface area contributed by atoms with E-state index in [9.17, 15) is 13.2 Å². The molecular formula is C22H27NO4S. The Bertz CT molecular complexity index is 896. The molecule has 1 unspecified atom stereocenters. The molecule has 0 spiro atoms. The molecule has 0 bridgehead atoms. The third kappa shape index (κ3) is 4.93. The lowest BCUT2D eigenvalue weighted by molar-refractivity contribution is 0.0629. The second-order valence-corrected chi connectivity index (χ2v) is 9.28. The smallest absolute Gasteiger partial charge is 0.255 e. The Morgan fingerprint density at radius 2 is 1.82 bits per heavy atom. The predicted octanol–water partition coefficient (Wildman–Crippen LogP) is 3.80. The minimum Gasteiger partial charge on any atom is -0.493 e. The van der Waals surface area contributed by atoms with Crippen molar-refractivity contribution in [3.8, 4) is 5.75 Å². The first-order chi connectivity index (χ1) is 13.5. The van der Waals surface area contributed by atoms with E-state index in [-0.39, 0.29) is 28.0 Å². The van der Waals surface area contributed by atoms with Crippen LogP contribution in [-0.2, 0) is 9.84 Å². The second-order valence-electron chi connectivity index (χ2n) is 7.20. The molecule has 1 fully saturated rings. The molecule has 1 saturated heterocycles. The number of para-hydroxylation sites is 1. The first kappa shape index (κ1) is 20.4. The zero-order chi connectivity index (χ0) is 20.0. The van der Waals surface area contributed by atoms with E-state index in [2.05, 4.69) is 0 Å². The highest BCUT2D eigenvalue weighted by Crippen LogP contribution is 2.24. The molecular weight excluding hydrogens is 374 g/mol. The van der Waals surface area contributed by atoms with Crippen molar-refractivity contribution in [2.45, 2.75) is 31.1 Å². The normalized spacial score (nSPS) is 17.3. The maximum absolute atomic E-state index is 13.1. The second kappa shape index (κ2) is 9.24. The molecule has 0 radical (unpaired) electrons. The fourth-order valence-electron chi connectivity index (χ4n) is 3.58. The number of piperidine rings is 1. The fraction of sp³-hybridized carbons (Fsp3) is 0.409. The van der Waals surface area contributed by atoms with Gasteiger partial charge in [0.25, 0.3) is 5.91 Å². The number of hydrogen-bond acceptors (Lipinski definition) is 4. The summed E-state index contributed by atoms with van der Waals surface area (Å²) in [6.45, 7) is 3.59. The van der Waals surface area contributed by atoms with Crippen LogP contribution in [0.25, 0.3) is 0 Å². The van der Waals surface area contributed by atoms with Gasteiger partial charge in [0.05, 0.1) is 22.8 Å². The monoisotopic (exact) mass is 401 g/mol. The minimum atomic E-state index is -3.46. The van der Waals surface area contributed by atoms with Gasteiger partial charge in [-0.25, -0.2) is 8.42 Å². The Morgan fingerprint density at radius 1 is 1.11 bits per heavy atom. The first-order valence-corrected chi connectivity index (χ1v) is 11.5. The molecule has 2 aromatic rings. The maximum atomic E-state index is 13.1. The Kier molecular flexibility index (Phi) is 6.73. The van der Waals surface area contributed by atoms with Gasteiger partial charge in [-0.2, -0.15) is 0 Å². The summed E-state index contributed by atoms with van der Waals surface area (Å²) < 4.78 is 31.0. The molecule has 0 saturated carbocycles. The largest absolute Gasteiger partial charge is 0.493 e. The van der Waals surface area contributed by atoms with Gasteiger partial charge in [0.2, 0.25) is 0 Å². The molecule has 1 atom stereocenters. The molecule has 0 aliphatic carbocycles. The van der Waals surface area contributed by atoms with E-state index >= 15 is 0 Å². The zero-order valence-corrected chi connectivity index (χ0v) is 17.0. The Labute approximate surface area is 167 Å². The van der Waals surface area contributed by atoms with E-state index < -0.39 is 9.84 Å². The molecule has 1 aliphatic heterocycles. The van der Waals surface area contributed by atoms with Gasteiger partial charge in [-0.3, -0.25) is 4.79 Å². The molecule has 6 heteroatoms. The van der Waals surface area contributed by atoms with Crippen LogP contribution in [0, 0.1) is 5.92 Å². The van der Waals surface area contributed by atoms with Gasteiger partial charge in [0.15, 0.2) is 9.84 Å². The van der Waals surface area contributed by atoms with Crippen LogP contribution in [0.4, 0.5) is 0 Å². The molecule has 1 aliphatic rings. The number of amides is 1. The van der Waals surface area contributed by atoms with E-state index in [0.717, 1.165) is 18.6 Å². The number of likely N-dealkylation sites (tertiary alicyclic amines) is 1. The van der Waals surface area contributed by atoms with Crippen molar-refractivity contribution in [3.05, 3.63) is 60.2 Å². The summed E-state index contributed by atoms with van der Waals surface area (Å²) >= 11 is 0. The highest BCUT2D eigenvalue weighted by atomic mass is 32.2. The van der Waals surface area contributed by atoms with Gasteiger partial charge in [-0.15, -0.1) is 0 Å². The maximum Gasteiger partial charge on any atom is 0.255 e. The van der Waals surface area contributed by atoms with Crippen LogP contribution >= 0.6 is 0 Å². The summed E-state index contributed by atoms with van der Waals surface area (Å²) in [6, 6.07) is 16.2. The lowest BCUT2D eigenvalue weighted by Crippen LogP contribution is -2.42. The number of rotatable bonds is 7. The van der Waals surface area contributed by atoms with Gasteiger partial charge in [-0.1, -0.05) is 37.3 Å². The Hall–Kier alpha value is -2.34. The molecule has 150 valence electrons. The van der Waals surface area contributed by atoms with E-state index in [1.165, 1.54) is 6.07 Å². The van der Waals surface area contributed by atoms with Crippen LogP contribution in [0.5, 0.6) is 5.75 Å². The summed E-state index contributed by atoms with van der Waals surface area (Å²) in [7, 11) is -3.46. The molecule has 1 amide bonds. The van der Waals surface area contributed by atoms with E-state index in [1.54, 1.807) is 23.1 Å². The lowest BCUT2D eigenvalue weighted by atomic mass is 9.98. The Balaban J connectivity index is 1.71. The van der Waals surface area contributed by atoms with Crippen molar-refractivity contribution in [1.29, 1.82) is 0 Å². The summed E-state index contributed by atoms with van der Waals surface area (Å²) in [5.41, 5.74) is 0.278. The van der Waals surface area contributed by atoms with Crippen LogP contribution in [-0.4, -0.2) is 44.7 Å². The molecule has 1 heterocycles. The molecule has 2 aromatic carbocycles. The highest BCUT2D eigenvalue weighted by Gasteiger charge is 2.28. The number of carbonyl (C=O) groups is 1. The average molecular weight is 402 g/mol. The predicted molar refractivity (Wildman–Crippen MR) is 109 cm³/mol. The van der Waals surface area contributed by atoms with Crippen LogP contribution in [0.15, 0.2) is 59.5 Å². The summed E-state index contributed by atoms with van der Waals surface area (Å²) in [5, 5.41) is 0. The number of nitrogens with zero attached hydrogens (tertiary/aromatic N) is 1. The SMILES string of the molecule is CCCS(=O)(=O)c1ccccc1C(=O)N1CCCC(COc2ccccc2)C1. The van der Waals surface area contributed by atoms with Gasteiger partial charge in [0.1, 0.15) is 5.75 Å². The van der Waals surface area contributed by atoms with Crippen LogP contribution < -0.4 is 4.74 Å². The van der Waals surface area contributed by atoms with Crippen LogP contribution in [0.3, 0.4) is 0 Å². The molecule has 28 heavy (non-hydrogen) atoms. The van der Waals surface area contributed by atoms with Crippen molar-refractivity contribution < 1.29 is 17.9 Å². The molecule has 3 rings (SSSR count). The summed E-state index contributed by atoms with van der Waals surface area (Å²) in [4.78, 5) is 15.0. The third-order valence-corrected chi connectivity index (χ3v) is 6.93. The molecule has 5 nitrogen and oxygen atoms in total. The fourth-order valence-corrected chi connectivity index (χ4v) is 5.11.